The highest BCUT2D eigenvalue weighted by molar-refractivity contribution is 5.94. The highest BCUT2D eigenvalue weighted by Gasteiger charge is 2.39. The third kappa shape index (κ3) is 5.08. The van der Waals surface area contributed by atoms with Gasteiger partial charge in [0.25, 0.3) is 5.91 Å². The van der Waals surface area contributed by atoms with E-state index < -0.39 is 29.9 Å². The fourth-order valence-corrected chi connectivity index (χ4v) is 3.17. The minimum absolute atomic E-state index is 0.224. The first-order valence-electron chi connectivity index (χ1n) is 9.04. The molecule has 1 fully saturated rings. The second-order valence-corrected chi connectivity index (χ2v) is 6.69. The predicted molar refractivity (Wildman–Crippen MR) is 99.8 cm³/mol. The third-order valence-electron chi connectivity index (χ3n) is 4.88. The van der Waals surface area contributed by atoms with Crippen molar-refractivity contribution in [3.8, 4) is 12.1 Å². The SMILES string of the molecule is CN(C(=O)COC(=O)c1ccc(NC(=O)CC#N)cc1)C1(C#N)CCCCC1. The molecule has 0 radical (unpaired) electrons. The molecular formula is C20H22N4O4. The van der Waals surface area contributed by atoms with Crippen molar-refractivity contribution in [2.24, 2.45) is 0 Å². The number of carbonyl (C=O) groups is 3. The van der Waals surface area contributed by atoms with Crippen molar-refractivity contribution in [2.75, 3.05) is 19.0 Å². The van der Waals surface area contributed by atoms with E-state index in [1.165, 1.54) is 29.2 Å². The number of nitriles is 2. The largest absolute Gasteiger partial charge is 0.452 e. The number of anilines is 1. The molecule has 1 aliphatic carbocycles. The third-order valence-corrected chi connectivity index (χ3v) is 4.88. The number of benzene rings is 1. The second-order valence-electron chi connectivity index (χ2n) is 6.69. The molecule has 0 atom stereocenters. The van der Waals surface area contributed by atoms with E-state index in [9.17, 15) is 19.6 Å². The Balaban J connectivity index is 1.91. The lowest BCUT2D eigenvalue weighted by Crippen LogP contribution is -2.51. The van der Waals surface area contributed by atoms with E-state index in [-0.39, 0.29) is 12.0 Å². The van der Waals surface area contributed by atoms with E-state index >= 15 is 0 Å². The molecule has 8 nitrogen and oxygen atoms in total. The number of rotatable bonds is 6. The van der Waals surface area contributed by atoms with E-state index in [0.29, 0.717) is 18.5 Å². The van der Waals surface area contributed by atoms with Crippen molar-refractivity contribution < 1.29 is 19.1 Å². The van der Waals surface area contributed by atoms with Crippen molar-refractivity contribution in [3.63, 3.8) is 0 Å². The van der Waals surface area contributed by atoms with Crippen LogP contribution in [0, 0.1) is 22.7 Å². The monoisotopic (exact) mass is 382 g/mol. The van der Waals surface area contributed by atoms with Crippen LogP contribution < -0.4 is 5.32 Å². The Kier molecular flexibility index (Phi) is 7.11. The molecule has 1 aliphatic rings. The molecule has 1 aromatic rings. The first-order valence-corrected chi connectivity index (χ1v) is 9.04. The molecule has 2 rings (SSSR count). The fraction of sp³-hybridized carbons (Fsp3) is 0.450. The van der Waals surface area contributed by atoms with Crippen molar-refractivity contribution in [1.82, 2.24) is 4.90 Å². The molecule has 0 aliphatic heterocycles. The highest BCUT2D eigenvalue weighted by atomic mass is 16.5. The van der Waals surface area contributed by atoms with Crippen LogP contribution in [-0.4, -0.2) is 41.9 Å². The van der Waals surface area contributed by atoms with Gasteiger partial charge in [0.15, 0.2) is 6.61 Å². The van der Waals surface area contributed by atoms with Crippen LogP contribution in [0.15, 0.2) is 24.3 Å². The lowest BCUT2D eigenvalue weighted by atomic mass is 9.81. The van der Waals surface area contributed by atoms with Crippen LogP contribution in [0.2, 0.25) is 0 Å². The normalized spacial score (nSPS) is 14.8. The van der Waals surface area contributed by atoms with Gasteiger partial charge in [-0.2, -0.15) is 10.5 Å². The molecule has 0 saturated heterocycles. The molecule has 1 N–H and O–H groups in total. The molecule has 2 amide bonds. The molecule has 0 aromatic heterocycles. The molecule has 28 heavy (non-hydrogen) atoms. The maximum absolute atomic E-state index is 12.4. The van der Waals surface area contributed by atoms with Crippen LogP contribution in [0.1, 0.15) is 48.9 Å². The first kappa shape index (κ1) is 20.9. The maximum Gasteiger partial charge on any atom is 0.338 e. The van der Waals surface area contributed by atoms with Gasteiger partial charge >= 0.3 is 5.97 Å². The standard InChI is InChI=1S/C20H22N4O4/c1-24(20(14-22)10-3-2-4-11-20)18(26)13-28-19(27)15-5-7-16(8-6-15)23-17(25)9-12-21/h5-8H,2-4,9-11,13H2,1H3,(H,23,25). The van der Waals surface area contributed by atoms with Crippen molar-refractivity contribution in [2.45, 2.75) is 44.1 Å². The number of carbonyl (C=O) groups excluding carboxylic acids is 3. The summed E-state index contributed by atoms with van der Waals surface area (Å²) in [5, 5.41) is 20.5. The molecule has 0 spiro atoms. The average molecular weight is 382 g/mol. The van der Waals surface area contributed by atoms with Crippen LogP contribution in [0.4, 0.5) is 5.69 Å². The predicted octanol–water partition coefficient (Wildman–Crippen LogP) is 2.38. The number of nitrogens with one attached hydrogen (secondary N) is 1. The summed E-state index contributed by atoms with van der Waals surface area (Å²) in [6, 6.07) is 9.92. The van der Waals surface area contributed by atoms with Gasteiger partial charge in [-0.1, -0.05) is 19.3 Å². The zero-order valence-electron chi connectivity index (χ0n) is 15.7. The van der Waals surface area contributed by atoms with Gasteiger partial charge in [-0.25, -0.2) is 4.79 Å². The van der Waals surface area contributed by atoms with Gasteiger partial charge in [0.05, 0.1) is 17.7 Å². The first-order chi connectivity index (χ1) is 13.4. The number of hydrogen-bond donors (Lipinski definition) is 1. The Morgan fingerprint density at radius 3 is 2.36 bits per heavy atom. The second kappa shape index (κ2) is 9.52. The van der Waals surface area contributed by atoms with Crippen LogP contribution in [0.5, 0.6) is 0 Å². The fourth-order valence-electron chi connectivity index (χ4n) is 3.17. The topological polar surface area (TPSA) is 123 Å². The van der Waals surface area contributed by atoms with Crippen LogP contribution >= 0.6 is 0 Å². The van der Waals surface area contributed by atoms with Gasteiger partial charge in [0.2, 0.25) is 5.91 Å². The number of amides is 2. The van der Waals surface area contributed by atoms with E-state index in [2.05, 4.69) is 11.4 Å². The molecule has 146 valence electrons. The maximum atomic E-state index is 12.4. The lowest BCUT2D eigenvalue weighted by molar-refractivity contribution is -0.138. The Labute approximate surface area is 163 Å². The minimum atomic E-state index is -0.828. The van der Waals surface area contributed by atoms with E-state index in [1.807, 2.05) is 0 Å². The molecule has 0 bridgehead atoms. The van der Waals surface area contributed by atoms with Crippen LogP contribution in [0.25, 0.3) is 0 Å². The van der Waals surface area contributed by atoms with E-state index in [4.69, 9.17) is 10.00 Å². The number of nitrogens with zero attached hydrogens (tertiary/aromatic N) is 3. The zero-order valence-corrected chi connectivity index (χ0v) is 15.7. The minimum Gasteiger partial charge on any atom is -0.452 e. The van der Waals surface area contributed by atoms with Gasteiger partial charge in [0.1, 0.15) is 12.0 Å². The van der Waals surface area contributed by atoms with Gasteiger partial charge < -0.3 is 15.0 Å². The molecule has 1 saturated carbocycles. The summed E-state index contributed by atoms with van der Waals surface area (Å²) in [5.41, 5.74) is -0.160. The quantitative estimate of drug-likeness (QED) is 0.754. The summed E-state index contributed by atoms with van der Waals surface area (Å²) < 4.78 is 5.08. The van der Waals surface area contributed by atoms with E-state index in [0.717, 1.165) is 19.3 Å². The van der Waals surface area contributed by atoms with Gasteiger partial charge in [0, 0.05) is 12.7 Å². The average Bonchev–Trinajstić information content (AvgIpc) is 2.72. The molecule has 8 heteroatoms. The number of esters is 1. The zero-order chi connectivity index (χ0) is 20.6. The Hall–Kier alpha value is -3.39. The Morgan fingerprint density at radius 1 is 1.14 bits per heavy atom. The molecular weight excluding hydrogens is 360 g/mol. The number of likely N-dealkylation sites (N-methyl/N-ethyl adjacent to an activating group) is 1. The Morgan fingerprint density at radius 2 is 1.79 bits per heavy atom. The Bertz CT molecular complexity index is 814. The van der Waals surface area contributed by atoms with Crippen molar-refractivity contribution in [1.29, 1.82) is 10.5 Å². The summed E-state index contributed by atoms with van der Waals surface area (Å²) in [7, 11) is 1.57. The molecule has 0 unspecified atom stereocenters. The summed E-state index contributed by atoms with van der Waals surface area (Å²) in [6.45, 7) is -0.445. The van der Waals surface area contributed by atoms with E-state index in [1.54, 1.807) is 13.1 Å². The van der Waals surface area contributed by atoms with Crippen LogP contribution in [-0.2, 0) is 14.3 Å². The molecule has 1 aromatic carbocycles. The molecule has 0 heterocycles. The van der Waals surface area contributed by atoms with Gasteiger partial charge in [-0.05, 0) is 37.1 Å². The number of hydrogen-bond acceptors (Lipinski definition) is 6. The van der Waals surface area contributed by atoms with Crippen molar-refractivity contribution >= 4 is 23.5 Å². The highest BCUT2D eigenvalue weighted by Crippen LogP contribution is 2.32. The van der Waals surface area contributed by atoms with Crippen LogP contribution in [0.3, 0.4) is 0 Å². The summed E-state index contributed by atoms with van der Waals surface area (Å²) in [6.07, 6.45) is 3.82. The lowest BCUT2D eigenvalue weighted by Gasteiger charge is -2.38. The number of ether oxygens (including phenoxy) is 1. The summed E-state index contributed by atoms with van der Waals surface area (Å²) in [4.78, 5) is 37.3. The smallest absolute Gasteiger partial charge is 0.338 e. The summed E-state index contributed by atoms with van der Waals surface area (Å²) in [5.74, 6) is -1.54. The van der Waals surface area contributed by atoms with Gasteiger partial charge in [-0.3, -0.25) is 9.59 Å². The summed E-state index contributed by atoms with van der Waals surface area (Å²) >= 11 is 0. The van der Waals surface area contributed by atoms with Crippen molar-refractivity contribution in [3.05, 3.63) is 29.8 Å². The van der Waals surface area contributed by atoms with Gasteiger partial charge in [-0.15, -0.1) is 0 Å².